The number of hydrogen-bond acceptors (Lipinski definition) is 6. The number of amides is 1. The molecule has 2 aromatic rings. The average Bonchev–Trinajstić information content (AvgIpc) is 2.68. The molecule has 8 heteroatoms. The highest BCUT2D eigenvalue weighted by molar-refractivity contribution is 7.87. The molecule has 2 rings (SSSR count). The summed E-state index contributed by atoms with van der Waals surface area (Å²) in [5.41, 5.74) is 0.878. The van der Waals surface area contributed by atoms with Crippen LogP contribution in [-0.2, 0) is 30.9 Å². The number of carbonyl (C=O) groups is 2. The topological polar surface area (TPSA) is 98.8 Å². The number of esters is 1. The zero-order valence-electron chi connectivity index (χ0n) is 15.8. The molecule has 2 aromatic carbocycles. The molecule has 0 aliphatic heterocycles. The van der Waals surface area contributed by atoms with Crippen LogP contribution in [-0.4, -0.2) is 33.9 Å². The monoisotopic (exact) mass is 405 g/mol. The Morgan fingerprint density at radius 1 is 1.04 bits per heavy atom. The summed E-state index contributed by atoms with van der Waals surface area (Å²) >= 11 is 0. The molecule has 0 radical (unpaired) electrons. The highest BCUT2D eigenvalue weighted by Crippen LogP contribution is 2.21. The van der Waals surface area contributed by atoms with Crippen molar-refractivity contribution in [3.8, 4) is 5.75 Å². The van der Waals surface area contributed by atoms with Gasteiger partial charge in [-0.15, -0.1) is 0 Å². The van der Waals surface area contributed by atoms with Gasteiger partial charge in [0.15, 0.2) is 0 Å². The van der Waals surface area contributed by atoms with Crippen LogP contribution in [0.3, 0.4) is 0 Å². The lowest BCUT2D eigenvalue weighted by atomic mass is 9.96. The fraction of sp³-hybridized carbons (Fsp3) is 0.300. The van der Waals surface area contributed by atoms with Gasteiger partial charge in [0.1, 0.15) is 10.6 Å². The lowest BCUT2D eigenvalue weighted by Crippen LogP contribution is -2.29. The van der Waals surface area contributed by atoms with Gasteiger partial charge in [-0.05, 0) is 42.2 Å². The maximum absolute atomic E-state index is 12.3. The van der Waals surface area contributed by atoms with E-state index >= 15 is 0 Å². The Hall–Kier alpha value is -2.87. The van der Waals surface area contributed by atoms with E-state index in [1.807, 2.05) is 0 Å². The predicted molar refractivity (Wildman–Crippen MR) is 103 cm³/mol. The predicted octanol–water partition coefficient (Wildman–Crippen LogP) is 2.31. The molecule has 0 heterocycles. The number of carbonyl (C=O) groups excluding carboxylic acids is 2. The maximum Gasteiger partial charge on any atom is 0.339 e. The van der Waals surface area contributed by atoms with Crippen LogP contribution in [0.5, 0.6) is 5.75 Å². The summed E-state index contributed by atoms with van der Waals surface area (Å²) in [6, 6.07) is 14.5. The van der Waals surface area contributed by atoms with Crippen LogP contribution < -0.4 is 9.50 Å². The van der Waals surface area contributed by atoms with Crippen LogP contribution in [0.1, 0.15) is 18.9 Å². The Labute approximate surface area is 164 Å². The Morgan fingerprint density at radius 3 is 2.25 bits per heavy atom. The summed E-state index contributed by atoms with van der Waals surface area (Å²) in [7, 11) is -2.58. The number of nitrogens with one attached hydrogen (secondary N) is 1. The van der Waals surface area contributed by atoms with E-state index in [9.17, 15) is 18.0 Å². The van der Waals surface area contributed by atoms with E-state index < -0.39 is 10.1 Å². The molecule has 0 spiro atoms. The van der Waals surface area contributed by atoms with Crippen molar-refractivity contribution in [1.29, 1.82) is 0 Å². The third-order valence-electron chi connectivity index (χ3n) is 4.01. The van der Waals surface area contributed by atoms with Crippen molar-refractivity contribution in [3.63, 3.8) is 0 Å². The second-order valence-corrected chi connectivity index (χ2v) is 7.83. The van der Waals surface area contributed by atoms with Crippen LogP contribution >= 0.6 is 0 Å². The molecule has 0 saturated heterocycles. The van der Waals surface area contributed by atoms with E-state index in [2.05, 4.69) is 5.32 Å². The summed E-state index contributed by atoms with van der Waals surface area (Å²) in [4.78, 5) is 22.8. The molecule has 0 bridgehead atoms. The zero-order valence-corrected chi connectivity index (χ0v) is 16.6. The fourth-order valence-corrected chi connectivity index (χ4v) is 3.55. The fourth-order valence-electron chi connectivity index (χ4n) is 2.60. The molecule has 7 nitrogen and oxygen atoms in total. The Bertz CT molecular complexity index is 894. The second kappa shape index (κ2) is 9.89. The SMILES string of the molecule is COC(=O)CC(CNC(C)=O)Cc1ccc(OS(=O)(=O)c2ccccc2)cc1. The first-order valence-electron chi connectivity index (χ1n) is 8.70. The summed E-state index contributed by atoms with van der Waals surface area (Å²) in [6.45, 7) is 1.75. The molecule has 0 saturated carbocycles. The van der Waals surface area contributed by atoms with Crippen molar-refractivity contribution in [2.24, 2.45) is 5.92 Å². The Balaban J connectivity index is 2.05. The van der Waals surface area contributed by atoms with Crippen LogP contribution in [0.4, 0.5) is 0 Å². The van der Waals surface area contributed by atoms with E-state index in [1.54, 1.807) is 42.5 Å². The lowest BCUT2D eigenvalue weighted by Gasteiger charge is -2.16. The molecular weight excluding hydrogens is 382 g/mol. The number of benzene rings is 2. The summed E-state index contributed by atoms with van der Waals surface area (Å²) in [6.07, 6.45) is 0.679. The summed E-state index contributed by atoms with van der Waals surface area (Å²) < 4.78 is 34.4. The largest absolute Gasteiger partial charge is 0.469 e. The molecule has 0 aliphatic carbocycles. The van der Waals surface area contributed by atoms with Crippen molar-refractivity contribution >= 4 is 22.0 Å². The Morgan fingerprint density at radius 2 is 1.68 bits per heavy atom. The van der Waals surface area contributed by atoms with E-state index in [0.29, 0.717) is 13.0 Å². The van der Waals surface area contributed by atoms with E-state index in [0.717, 1.165) is 5.56 Å². The maximum atomic E-state index is 12.3. The van der Waals surface area contributed by atoms with Gasteiger partial charge in [-0.3, -0.25) is 9.59 Å². The van der Waals surface area contributed by atoms with Crippen LogP contribution in [0.15, 0.2) is 59.5 Å². The molecule has 0 fully saturated rings. The molecule has 0 aliphatic rings. The smallest absolute Gasteiger partial charge is 0.339 e. The minimum Gasteiger partial charge on any atom is -0.469 e. The number of hydrogen-bond donors (Lipinski definition) is 1. The molecular formula is C20H23NO6S. The molecule has 150 valence electrons. The first-order chi connectivity index (χ1) is 13.3. The van der Waals surface area contributed by atoms with E-state index in [4.69, 9.17) is 8.92 Å². The van der Waals surface area contributed by atoms with Gasteiger partial charge in [0.2, 0.25) is 5.91 Å². The molecule has 28 heavy (non-hydrogen) atoms. The number of rotatable bonds is 9. The Kier molecular flexibility index (Phi) is 7.57. The zero-order chi connectivity index (χ0) is 20.6. The molecule has 1 amide bonds. The van der Waals surface area contributed by atoms with Gasteiger partial charge in [-0.2, -0.15) is 8.42 Å². The average molecular weight is 405 g/mol. The van der Waals surface area contributed by atoms with Gasteiger partial charge in [-0.1, -0.05) is 30.3 Å². The second-order valence-electron chi connectivity index (χ2n) is 6.28. The van der Waals surface area contributed by atoms with Gasteiger partial charge in [0.25, 0.3) is 0 Å². The van der Waals surface area contributed by atoms with Crippen LogP contribution in [0.2, 0.25) is 0 Å². The minimum absolute atomic E-state index is 0.0764. The third-order valence-corrected chi connectivity index (χ3v) is 5.27. The van der Waals surface area contributed by atoms with E-state index in [-0.39, 0.29) is 34.9 Å². The van der Waals surface area contributed by atoms with Gasteiger partial charge >= 0.3 is 16.1 Å². The van der Waals surface area contributed by atoms with Crippen molar-refractivity contribution in [2.75, 3.05) is 13.7 Å². The lowest BCUT2D eigenvalue weighted by molar-refractivity contribution is -0.141. The van der Waals surface area contributed by atoms with Crippen LogP contribution in [0.25, 0.3) is 0 Å². The molecule has 0 aromatic heterocycles. The summed E-state index contributed by atoms with van der Waals surface area (Å²) in [5, 5.41) is 2.71. The molecule has 1 unspecified atom stereocenters. The normalized spacial score (nSPS) is 12.1. The van der Waals surface area contributed by atoms with Crippen molar-refractivity contribution in [3.05, 3.63) is 60.2 Å². The quantitative estimate of drug-likeness (QED) is 0.508. The standard InChI is InChI=1S/C20H23NO6S/c1-15(22)21-14-17(13-20(23)26-2)12-16-8-10-18(11-9-16)27-28(24,25)19-6-4-3-5-7-19/h3-11,17H,12-14H2,1-2H3,(H,21,22). The van der Waals surface area contributed by atoms with Crippen molar-refractivity contribution in [1.82, 2.24) is 5.32 Å². The molecule has 1 atom stereocenters. The molecule has 1 N–H and O–H groups in total. The van der Waals surface area contributed by atoms with Crippen molar-refractivity contribution < 1.29 is 26.9 Å². The van der Waals surface area contributed by atoms with Gasteiger partial charge in [0, 0.05) is 13.5 Å². The van der Waals surface area contributed by atoms with Crippen molar-refractivity contribution in [2.45, 2.75) is 24.7 Å². The highest BCUT2D eigenvalue weighted by atomic mass is 32.2. The van der Waals surface area contributed by atoms with E-state index in [1.165, 1.54) is 26.2 Å². The number of ether oxygens (including phenoxy) is 1. The minimum atomic E-state index is -3.90. The van der Waals surface area contributed by atoms with Gasteiger partial charge in [-0.25, -0.2) is 0 Å². The van der Waals surface area contributed by atoms with Gasteiger partial charge < -0.3 is 14.2 Å². The third kappa shape index (κ3) is 6.70. The first kappa shape index (κ1) is 21.4. The van der Waals surface area contributed by atoms with Gasteiger partial charge in [0.05, 0.1) is 13.5 Å². The summed E-state index contributed by atoms with van der Waals surface area (Å²) in [5.74, 6) is -0.482. The highest BCUT2D eigenvalue weighted by Gasteiger charge is 2.18. The van der Waals surface area contributed by atoms with Crippen LogP contribution in [0, 0.1) is 5.92 Å². The number of methoxy groups -OCH3 is 1. The first-order valence-corrected chi connectivity index (χ1v) is 10.1.